The number of hydrogen-bond acceptors (Lipinski definition) is 3. The molecule has 0 atom stereocenters. The summed E-state index contributed by atoms with van der Waals surface area (Å²) in [6.07, 6.45) is 1.18. The van der Waals surface area contributed by atoms with Crippen molar-refractivity contribution in [2.75, 3.05) is 18.9 Å². The summed E-state index contributed by atoms with van der Waals surface area (Å²) in [5.41, 5.74) is 2.33. The molecule has 1 amide bonds. The lowest BCUT2D eigenvalue weighted by Crippen LogP contribution is -2.25. The highest BCUT2D eigenvalue weighted by atomic mass is 35.5. The van der Waals surface area contributed by atoms with Crippen molar-refractivity contribution in [2.24, 2.45) is 0 Å². The second-order valence-corrected chi connectivity index (χ2v) is 7.84. The number of nitrogens with one attached hydrogen (secondary N) is 1. The summed E-state index contributed by atoms with van der Waals surface area (Å²) in [7, 11) is 0. The molecule has 2 rings (SSSR count). The molecule has 0 saturated heterocycles. The predicted octanol–water partition coefficient (Wildman–Crippen LogP) is 5.51. The quantitative estimate of drug-likeness (QED) is 0.523. The third-order valence-electron chi connectivity index (χ3n) is 3.66. The maximum Gasteiger partial charge on any atom is 0.220 e. The van der Waals surface area contributed by atoms with Crippen LogP contribution in [-0.4, -0.2) is 24.8 Å². The van der Waals surface area contributed by atoms with E-state index in [2.05, 4.69) is 5.32 Å². The van der Waals surface area contributed by atoms with Gasteiger partial charge in [0.1, 0.15) is 5.75 Å². The molecule has 140 valence electrons. The van der Waals surface area contributed by atoms with Crippen molar-refractivity contribution in [3.8, 4) is 5.75 Å². The van der Waals surface area contributed by atoms with Gasteiger partial charge in [0.05, 0.1) is 16.7 Å². The molecule has 0 aliphatic heterocycles. The fraction of sp³-hybridized carbons (Fsp3) is 0.350. The van der Waals surface area contributed by atoms with Crippen molar-refractivity contribution in [3.05, 3.63) is 63.6 Å². The van der Waals surface area contributed by atoms with E-state index in [-0.39, 0.29) is 5.91 Å². The van der Waals surface area contributed by atoms with Crippen LogP contribution in [0.4, 0.5) is 0 Å². The van der Waals surface area contributed by atoms with Gasteiger partial charge >= 0.3 is 0 Å². The van der Waals surface area contributed by atoms with E-state index in [9.17, 15) is 4.79 Å². The van der Waals surface area contributed by atoms with Crippen LogP contribution in [0, 0.1) is 6.92 Å². The zero-order valence-corrected chi connectivity index (χ0v) is 17.1. The summed E-state index contributed by atoms with van der Waals surface area (Å²) >= 11 is 13.6. The number of carbonyl (C=O) groups excluding carboxylic acids is 1. The molecular weight excluding hydrogens is 389 g/mol. The minimum atomic E-state index is 0.0626. The minimum absolute atomic E-state index is 0.0626. The molecule has 2 aromatic rings. The average molecular weight is 412 g/mol. The lowest BCUT2D eigenvalue weighted by molar-refractivity contribution is -0.121. The van der Waals surface area contributed by atoms with E-state index in [1.807, 2.05) is 43.3 Å². The standard InChI is InChI=1S/C20H23Cl2NO2S/c1-15-4-7-17(8-5-15)25-11-2-3-20(24)23-10-12-26-14-16-6-9-18(21)19(22)13-16/h4-9,13H,2-3,10-12,14H2,1H3,(H,23,24). The number of ether oxygens (including phenoxy) is 1. The molecule has 2 aromatic carbocycles. The Morgan fingerprint density at radius 3 is 2.62 bits per heavy atom. The molecule has 0 saturated carbocycles. The van der Waals surface area contributed by atoms with E-state index in [1.54, 1.807) is 17.8 Å². The molecule has 0 unspecified atom stereocenters. The van der Waals surface area contributed by atoms with Gasteiger partial charge in [-0.25, -0.2) is 0 Å². The zero-order chi connectivity index (χ0) is 18.8. The van der Waals surface area contributed by atoms with Crippen LogP contribution in [-0.2, 0) is 10.5 Å². The lowest BCUT2D eigenvalue weighted by atomic mass is 10.2. The highest BCUT2D eigenvalue weighted by Gasteiger charge is 2.03. The molecular formula is C20H23Cl2NO2S. The van der Waals surface area contributed by atoms with Gasteiger partial charge in [0.25, 0.3) is 0 Å². The number of thioether (sulfide) groups is 1. The van der Waals surface area contributed by atoms with Gasteiger partial charge in [-0.1, -0.05) is 47.0 Å². The second-order valence-electron chi connectivity index (χ2n) is 5.92. The maximum absolute atomic E-state index is 11.8. The van der Waals surface area contributed by atoms with Crippen molar-refractivity contribution in [1.82, 2.24) is 5.32 Å². The lowest BCUT2D eigenvalue weighted by Gasteiger charge is -2.08. The SMILES string of the molecule is Cc1ccc(OCCCC(=O)NCCSCc2ccc(Cl)c(Cl)c2)cc1. The molecule has 0 aliphatic rings. The van der Waals surface area contributed by atoms with E-state index >= 15 is 0 Å². The molecule has 0 spiro atoms. The number of rotatable bonds is 10. The summed E-state index contributed by atoms with van der Waals surface area (Å²) in [5, 5.41) is 4.08. The van der Waals surface area contributed by atoms with Gasteiger partial charge in [-0.3, -0.25) is 4.79 Å². The average Bonchev–Trinajstić information content (AvgIpc) is 2.63. The van der Waals surface area contributed by atoms with Crippen LogP contribution >= 0.6 is 35.0 Å². The first kappa shape index (κ1) is 20.9. The molecule has 6 heteroatoms. The fourth-order valence-corrected chi connectivity index (χ4v) is 3.35. The van der Waals surface area contributed by atoms with Gasteiger partial charge in [0.15, 0.2) is 0 Å². The third kappa shape index (κ3) is 7.90. The number of benzene rings is 2. The monoisotopic (exact) mass is 411 g/mol. The summed E-state index contributed by atoms with van der Waals surface area (Å²) in [5.74, 6) is 2.60. The predicted molar refractivity (Wildman–Crippen MR) is 112 cm³/mol. The summed E-state index contributed by atoms with van der Waals surface area (Å²) in [4.78, 5) is 11.8. The highest BCUT2D eigenvalue weighted by Crippen LogP contribution is 2.24. The Hall–Kier alpha value is -1.36. The van der Waals surface area contributed by atoms with E-state index in [0.717, 1.165) is 22.8 Å². The van der Waals surface area contributed by atoms with Crippen LogP contribution in [0.2, 0.25) is 10.0 Å². The molecule has 0 heterocycles. The first-order chi connectivity index (χ1) is 12.5. The molecule has 1 N–H and O–H groups in total. The largest absolute Gasteiger partial charge is 0.494 e. The van der Waals surface area contributed by atoms with E-state index < -0.39 is 0 Å². The Labute approximate surface area is 169 Å². The smallest absolute Gasteiger partial charge is 0.220 e. The van der Waals surface area contributed by atoms with Crippen molar-refractivity contribution in [2.45, 2.75) is 25.5 Å². The first-order valence-corrected chi connectivity index (χ1v) is 10.4. The molecule has 0 bridgehead atoms. The van der Waals surface area contributed by atoms with E-state index in [4.69, 9.17) is 27.9 Å². The van der Waals surface area contributed by atoms with Gasteiger partial charge in [-0.2, -0.15) is 11.8 Å². The molecule has 0 aromatic heterocycles. The van der Waals surface area contributed by atoms with E-state index in [0.29, 0.717) is 36.0 Å². The Morgan fingerprint density at radius 2 is 1.88 bits per heavy atom. The van der Waals surface area contributed by atoms with Gasteiger partial charge in [-0.15, -0.1) is 0 Å². The van der Waals surface area contributed by atoms with Crippen LogP contribution in [0.1, 0.15) is 24.0 Å². The Bertz CT molecular complexity index is 707. The van der Waals surface area contributed by atoms with Crippen molar-refractivity contribution < 1.29 is 9.53 Å². The van der Waals surface area contributed by atoms with Gasteiger partial charge in [0, 0.05) is 24.5 Å². The van der Waals surface area contributed by atoms with Crippen molar-refractivity contribution >= 4 is 40.9 Å². The van der Waals surface area contributed by atoms with Crippen LogP contribution in [0.15, 0.2) is 42.5 Å². The number of carbonyl (C=O) groups is 1. The highest BCUT2D eigenvalue weighted by molar-refractivity contribution is 7.98. The summed E-state index contributed by atoms with van der Waals surface area (Å²) < 4.78 is 5.62. The van der Waals surface area contributed by atoms with Crippen molar-refractivity contribution in [1.29, 1.82) is 0 Å². The first-order valence-electron chi connectivity index (χ1n) is 8.52. The second kappa shape index (κ2) is 11.4. The zero-order valence-electron chi connectivity index (χ0n) is 14.8. The van der Waals surface area contributed by atoms with Gasteiger partial charge in [0.2, 0.25) is 5.91 Å². The summed E-state index contributed by atoms with van der Waals surface area (Å²) in [6, 6.07) is 13.6. The number of amides is 1. The fourth-order valence-electron chi connectivity index (χ4n) is 2.23. The van der Waals surface area contributed by atoms with Crippen LogP contribution < -0.4 is 10.1 Å². The third-order valence-corrected chi connectivity index (χ3v) is 5.43. The summed E-state index contributed by atoms with van der Waals surface area (Å²) in [6.45, 7) is 3.24. The maximum atomic E-state index is 11.8. The Balaban J connectivity index is 1.50. The van der Waals surface area contributed by atoms with Crippen LogP contribution in [0.25, 0.3) is 0 Å². The number of halogens is 2. The van der Waals surface area contributed by atoms with Gasteiger partial charge < -0.3 is 10.1 Å². The molecule has 3 nitrogen and oxygen atoms in total. The molecule has 0 fully saturated rings. The number of hydrogen-bond donors (Lipinski definition) is 1. The van der Waals surface area contributed by atoms with Crippen molar-refractivity contribution in [3.63, 3.8) is 0 Å². The Morgan fingerprint density at radius 1 is 1.12 bits per heavy atom. The van der Waals surface area contributed by atoms with Gasteiger partial charge in [-0.05, 0) is 43.2 Å². The number of aryl methyl sites for hydroxylation is 1. The normalized spacial score (nSPS) is 10.6. The van der Waals surface area contributed by atoms with Crippen LogP contribution in [0.5, 0.6) is 5.75 Å². The minimum Gasteiger partial charge on any atom is -0.494 e. The molecule has 0 aliphatic carbocycles. The topological polar surface area (TPSA) is 38.3 Å². The van der Waals surface area contributed by atoms with E-state index in [1.165, 1.54) is 5.56 Å². The molecule has 0 radical (unpaired) electrons. The van der Waals surface area contributed by atoms with Crippen LogP contribution in [0.3, 0.4) is 0 Å². The Kier molecular flexibility index (Phi) is 9.16. The molecule has 26 heavy (non-hydrogen) atoms.